The van der Waals surface area contributed by atoms with E-state index in [1.807, 2.05) is 0 Å². The molecule has 0 aliphatic carbocycles. The molecule has 0 aliphatic rings. The zero-order chi connectivity index (χ0) is 13.4. The Balaban J connectivity index is 2.63. The van der Waals surface area contributed by atoms with Gasteiger partial charge in [0.1, 0.15) is 6.20 Å². The van der Waals surface area contributed by atoms with Crippen molar-refractivity contribution in [1.29, 1.82) is 0 Å². The van der Waals surface area contributed by atoms with Gasteiger partial charge in [-0.05, 0) is 6.42 Å². The van der Waals surface area contributed by atoms with Gasteiger partial charge in [-0.3, -0.25) is 15.5 Å². The summed E-state index contributed by atoms with van der Waals surface area (Å²) in [6.07, 6.45) is 5.47. The minimum absolute atomic E-state index is 0.149. The van der Waals surface area contributed by atoms with E-state index in [4.69, 9.17) is 5.84 Å². The summed E-state index contributed by atoms with van der Waals surface area (Å²) < 4.78 is 0. The van der Waals surface area contributed by atoms with Crippen molar-refractivity contribution in [1.82, 2.24) is 9.97 Å². The van der Waals surface area contributed by atoms with E-state index in [9.17, 15) is 10.1 Å². The highest BCUT2D eigenvalue weighted by atomic mass is 16.6. The number of nitrogens with two attached hydrogens (primary N) is 1. The topological polar surface area (TPSA) is 119 Å². The van der Waals surface area contributed by atoms with Crippen LogP contribution >= 0.6 is 0 Å². The molecule has 1 heterocycles. The number of rotatable bonds is 8. The number of nitrogen functional groups attached to an aromatic ring is 1. The summed E-state index contributed by atoms with van der Waals surface area (Å²) in [5, 5.41) is 13.7. The summed E-state index contributed by atoms with van der Waals surface area (Å²) in [6.45, 7) is 2.77. The maximum atomic E-state index is 10.8. The van der Waals surface area contributed by atoms with Gasteiger partial charge in [0.2, 0.25) is 11.8 Å². The van der Waals surface area contributed by atoms with E-state index in [0.717, 1.165) is 31.9 Å². The summed E-state index contributed by atoms with van der Waals surface area (Å²) in [4.78, 5) is 17.9. The smallest absolute Gasteiger partial charge is 0.329 e. The summed E-state index contributed by atoms with van der Waals surface area (Å²) >= 11 is 0. The largest absolute Gasteiger partial charge is 0.364 e. The van der Waals surface area contributed by atoms with E-state index in [1.165, 1.54) is 0 Å². The molecule has 1 aromatic rings. The molecule has 0 radical (unpaired) electrons. The number of hydrazine groups is 1. The molecule has 8 nitrogen and oxygen atoms in total. The Morgan fingerprint density at radius 2 is 2.22 bits per heavy atom. The van der Waals surface area contributed by atoms with Gasteiger partial charge in [0.25, 0.3) is 0 Å². The van der Waals surface area contributed by atoms with Gasteiger partial charge in [-0.25, -0.2) is 10.8 Å². The lowest BCUT2D eigenvalue weighted by Gasteiger charge is -2.07. The van der Waals surface area contributed by atoms with E-state index >= 15 is 0 Å². The zero-order valence-electron chi connectivity index (χ0n) is 10.3. The second-order valence-corrected chi connectivity index (χ2v) is 3.82. The van der Waals surface area contributed by atoms with Crippen molar-refractivity contribution in [2.45, 2.75) is 32.6 Å². The van der Waals surface area contributed by atoms with Gasteiger partial charge < -0.3 is 5.32 Å². The van der Waals surface area contributed by atoms with Crippen molar-refractivity contribution in [3.05, 3.63) is 16.3 Å². The van der Waals surface area contributed by atoms with Gasteiger partial charge in [0, 0.05) is 6.54 Å². The normalized spacial score (nSPS) is 10.1. The van der Waals surface area contributed by atoms with Gasteiger partial charge in [0.05, 0.1) is 4.92 Å². The molecule has 0 saturated carbocycles. The standard InChI is InChI=1S/C10H18N6O2/c1-2-3-4-5-6-12-9-8(16(17)18)7-13-10(14-9)15-11/h7H,2-6,11H2,1H3,(H2,12,13,14,15). The van der Waals surface area contributed by atoms with Crippen LogP contribution in [0, 0.1) is 10.1 Å². The summed E-state index contributed by atoms with van der Waals surface area (Å²) in [7, 11) is 0. The molecule has 100 valence electrons. The SMILES string of the molecule is CCCCCCNc1nc(NN)ncc1[N+](=O)[O-]. The van der Waals surface area contributed by atoms with Crippen LogP contribution in [0.5, 0.6) is 0 Å². The van der Waals surface area contributed by atoms with Gasteiger partial charge >= 0.3 is 5.69 Å². The fourth-order valence-corrected chi connectivity index (χ4v) is 1.47. The number of nitrogens with zero attached hydrogens (tertiary/aromatic N) is 3. The first-order chi connectivity index (χ1) is 8.69. The Hall–Kier alpha value is -1.96. The van der Waals surface area contributed by atoms with Gasteiger partial charge in [-0.15, -0.1) is 0 Å². The van der Waals surface area contributed by atoms with Crippen molar-refractivity contribution < 1.29 is 4.92 Å². The number of nitro groups is 1. The molecule has 0 aromatic carbocycles. The molecular weight excluding hydrogens is 236 g/mol. The van der Waals surface area contributed by atoms with Crippen LogP contribution in [0.1, 0.15) is 32.6 Å². The van der Waals surface area contributed by atoms with Gasteiger partial charge in [-0.1, -0.05) is 26.2 Å². The quantitative estimate of drug-likeness (QED) is 0.279. The van der Waals surface area contributed by atoms with Crippen LogP contribution in [-0.4, -0.2) is 21.4 Å². The average Bonchev–Trinajstić information content (AvgIpc) is 2.38. The molecule has 0 saturated heterocycles. The van der Waals surface area contributed by atoms with E-state index in [-0.39, 0.29) is 17.5 Å². The van der Waals surface area contributed by atoms with Crippen molar-refractivity contribution in [2.24, 2.45) is 5.84 Å². The second-order valence-electron chi connectivity index (χ2n) is 3.82. The van der Waals surface area contributed by atoms with Gasteiger partial charge in [-0.2, -0.15) is 4.98 Å². The molecule has 18 heavy (non-hydrogen) atoms. The molecule has 8 heteroatoms. The number of anilines is 2. The molecule has 0 bridgehead atoms. The number of hydrogen-bond donors (Lipinski definition) is 3. The minimum atomic E-state index is -0.519. The fraction of sp³-hybridized carbons (Fsp3) is 0.600. The first-order valence-corrected chi connectivity index (χ1v) is 5.91. The highest BCUT2D eigenvalue weighted by Gasteiger charge is 2.16. The molecular formula is C10H18N6O2. The Morgan fingerprint density at radius 3 is 2.83 bits per heavy atom. The Morgan fingerprint density at radius 1 is 1.44 bits per heavy atom. The maximum absolute atomic E-state index is 10.8. The number of nitrogens with one attached hydrogen (secondary N) is 2. The molecule has 0 atom stereocenters. The monoisotopic (exact) mass is 254 g/mol. The second kappa shape index (κ2) is 7.38. The summed E-state index contributed by atoms with van der Waals surface area (Å²) in [5.41, 5.74) is 2.11. The molecule has 1 rings (SSSR count). The van der Waals surface area contributed by atoms with Crippen molar-refractivity contribution in [3.8, 4) is 0 Å². The van der Waals surface area contributed by atoms with Crippen LogP contribution in [0.15, 0.2) is 6.20 Å². The molecule has 0 amide bonds. The van der Waals surface area contributed by atoms with Crippen molar-refractivity contribution in [3.63, 3.8) is 0 Å². The van der Waals surface area contributed by atoms with Crippen LogP contribution in [-0.2, 0) is 0 Å². The lowest BCUT2D eigenvalue weighted by Crippen LogP contribution is -2.13. The van der Waals surface area contributed by atoms with Crippen LogP contribution in [0.2, 0.25) is 0 Å². The molecule has 0 spiro atoms. The fourth-order valence-electron chi connectivity index (χ4n) is 1.47. The van der Waals surface area contributed by atoms with Crippen molar-refractivity contribution >= 4 is 17.5 Å². The predicted octanol–water partition coefficient (Wildman–Crippen LogP) is 1.66. The van der Waals surface area contributed by atoms with Crippen molar-refractivity contribution in [2.75, 3.05) is 17.3 Å². The number of aromatic nitrogens is 2. The van der Waals surface area contributed by atoms with Crippen LogP contribution < -0.4 is 16.6 Å². The highest BCUT2D eigenvalue weighted by molar-refractivity contribution is 5.56. The molecule has 0 unspecified atom stereocenters. The minimum Gasteiger partial charge on any atom is -0.364 e. The predicted molar refractivity (Wildman–Crippen MR) is 69.1 cm³/mol. The number of hydrogen-bond acceptors (Lipinski definition) is 7. The molecule has 1 aromatic heterocycles. The third-order valence-corrected chi connectivity index (χ3v) is 2.42. The molecule has 0 fully saturated rings. The maximum Gasteiger partial charge on any atom is 0.329 e. The average molecular weight is 254 g/mol. The van der Waals surface area contributed by atoms with E-state index in [0.29, 0.717) is 6.54 Å². The van der Waals surface area contributed by atoms with Gasteiger partial charge in [0.15, 0.2) is 0 Å². The van der Waals surface area contributed by atoms with Crippen LogP contribution in [0.3, 0.4) is 0 Å². The third-order valence-electron chi connectivity index (χ3n) is 2.42. The Bertz CT molecular complexity index is 398. The van der Waals surface area contributed by atoms with E-state index in [1.54, 1.807) is 0 Å². The van der Waals surface area contributed by atoms with Crippen LogP contribution in [0.4, 0.5) is 17.5 Å². The summed E-state index contributed by atoms with van der Waals surface area (Å²) in [5.74, 6) is 5.51. The number of unbranched alkanes of at least 4 members (excludes halogenated alkanes) is 3. The third kappa shape index (κ3) is 4.13. The lowest BCUT2D eigenvalue weighted by atomic mass is 10.2. The molecule has 4 N–H and O–H groups in total. The lowest BCUT2D eigenvalue weighted by molar-refractivity contribution is -0.384. The zero-order valence-corrected chi connectivity index (χ0v) is 10.3. The first-order valence-electron chi connectivity index (χ1n) is 5.91. The Labute approximate surface area is 105 Å². The summed E-state index contributed by atoms with van der Waals surface area (Å²) in [6, 6.07) is 0. The molecule has 0 aliphatic heterocycles. The first kappa shape index (κ1) is 14.1. The van der Waals surface area contributed by atoms with E-state index in [2.05, 4.69) is 27.6 Å². The highest BCUT2D eigenvalue weighted by Crippen LogP contribution is 2.21. The van der Waals surface area contributed by atoms with E-state index < -0.39 is 4.92 Å². The Kier molecular flexibility index (Phi) is 5.78. The van der Waals surface area contributed by atoms with Crippen LogP contribution in [0.25, 0.3) is 0 Å².